The highest BCUT2D eigenvalue weighted by atomic mass is 16.3. The van der Waals surface area contributed by atoms with Gasteiger partial charge < -0.3 is 18.1 Å². The lowest BCUT2D eigenvalue weighted by molar-refractivity contribution is 0.669. The van der Waals surface area contributed by atoms with E-state index in [1.54, 1.807) is 0 Å². The van der Waals surface area contributed by atoms with Crippen molar-refractivity contribution in [1.82, 2.24) is 13.7 Å². The normalized spacial score (nSPS) is 12.1. The summed E-state index contributed by atoms with van der Waals surface area (Å²) in [6, 6.07) is 86.5. The number of furan rings is 1. The zero-order chi connectivity index (χ0) is 44.5. The Balaban J connectivity index is 0.941. The summed E-state index contributed by atoms with van der Waals surface area (Å²) >= 11 is 0. The molecule has 15 aromatic rings. The van der Waals surface area contributed by atoms with Crippen LogP contribution in [0.4, 0.5) is 0 Å². The molecule has 4 heteroatoms. The molecule has 0 radical (unpaired) electrons. The largest absolute Gasteiger partial charge is 0.456 e. The standard InChI is InChI=1S/C64H39N3O/c1-2-15-45(16-3-1)65-57-21-9-6-18-48(57)51-35-41(25-30-59(51)65)43-26-31-60-53(37-43)54-38-44(27-32-61(54)66(60)46-29-34-64-55(39-46)50-20-8-11-24-63(50)68-64)42-28-33-62-52(36-42)49-19-7-10-22-58(49)67(62)56-23-12-14-40-13-4-5-17-47(40)56/h1-39H. The molecule has 0 N–H and O–H groups in total. The van der Waals surface area contributed by atoms with Crippen LogP contribution in [-0.2, 0) is 0 Å². The Morgan fingerprint density at radius 2 is 0.676 bits per heavy atom. The lowest BCUT2D eigenvalue weighted by Crippen LogP contribution is -1.95. The molecule has 0 unspecified atom stereocenters. The average Bonchev–Trinajstić information content (AvgIpc) is 4.14. The van der Waals surface area contributed by atoms with E-state index in [2.05, 4.69) is 238 Å². The predicted molar refractivity (Wildman–Crippen MR) is 285 cm³/mol. The van der Waals surface area contributed by atoms with E-state index >= 15 is 0 Å². The molecule has 0 fully saturated rings. The van der Waals surface area contributed by atoms with E-state index in [1.165, 1.54) is 93.1 Å². The molecule has 11 aromatic carbocycles. The third-order valence-corrected chi connectivity index (χ3v) is 14.4. The fourth-order valence-corrected chi connectivity index (χ4v) is 11.3. The van der Waals surface area contributed by atoms with Gasteiger partial charge in [-0.1, -0.05) is 133 Å². The molecule has 0 bridgehead atoms. The van der Waals surface area contributed by atoms with Crippen LogP contribution in [0.5, 0.6) is 0 Å². The molecule has 316 valence electrons. The number of benzene rings is 11. The summed E-state index contributed by atoms with van der Waals surface area (Å²) in [6.45, 7) is 0. The van der Waals surface area contributed by atoms with Crippen LogP contribution >= 0.6 is 0 Å². The Morgan fingerprint density at radius 1 is 0.235 bits per heavy atom. The third kappa shape index (κ3) is 5.37. The van der Waals surface area contributed by atoms with Crippen molar-refractivity contribution < 1.29 is 4.42 Å². The topological polar surface area (TPSA) is 27.9 Å². The summed E-state index contributed by atoms with van der Waals surface area (Å²) in [5, 5.41) is 12.1. The predicted octanol–water partition coefficient (Wildman–Crippen LogP) is 17.4. The zero-order valence-corrected chi connectivity index (χ0v) is 36.8. The van der Waals surface area contributed by atoms with Crippen LogP contribution < -0.4 is 0 Å². The quantitative estimate of drug-likeness (QED) is 0.169. The first-order valence-corrected chi connectivity index (χ1v) is 23.3. The van der Waals surface area contributed by atoms with Crippen molar-refractivity contribution in [3.63, 3.8) is 0 Å². The average molecular weight is 866 g/mol. The first-order chi connectivity index (χ1) is 33.7. The van der Waals surface area contributed by atoms with E-state index in [9.17, 15) is 0 Å². The third-order valence-electron chi connectivity index (χ3n) is 14.4. The fraction of sp³-hybridized carbons (Fsp3) is 0. The zero-order valence-electron chi connectivity index (χ0n) is 36.8. The highest BCUT2D eigenvalue weighted by molar-refractivity contribution is 6.15. The number of fused-ring (bicyclic) bond motifs is 13. The van der Waals surface area contributed by atoms with Gasteiger partial charge >= 0.3 is 0 Å². The second-order valence-electron chi connectivity index (χ2n) is 18.1. The van der Waals surface area contributed by atoms with Gasteiger partial charge in [-0.3, -0.25) is 0 Å². The molecule has 0 spiro atoms. The molecular weight excluding hydrogens is 827 g/mol. The van der Waals surface area contributed by atoms with Crippen molar-refractivity contribution in [2.75, 3.05) is 0 Å². The van der Waals surface area contributed by atoms with Gasteiger partial charge in [-0.25, -0.2) is 0 Å². The van der Waals surface area contributed by atoms with Gasteiger partial charge in [-0.2, -0.15) is 0 Å². The molecule has 15 rings (SSSR count). The fourth-order valence-electron chi connectivity index (χ4n) is 11.3. The van der Waals surface area contributed by atoms with E-state index in [0.29, 0.717) is 0 Å². The van der Waals surface area contributed by atoms with Crippen LogP contribution in [0.3, 0.4) is 0 Å². The van der Waals surface area contributed by atoms with Crippen LogP contribution in [0.15, 0.2) is 241 Å². The monoisotopic (exact) mass is 865 g/mol. The molecule has 0 saturated heterocycles. The minimum Gasteiger partial charge on any atom is -0.456 e. The maximum atomic E-state index is 6.30. The van der Waals surface area contributed by atoms with E-state index < -0.39 is 0 Å². The van der Waals surface area contributed by atoms with Gasteiger partial charge in [-0.05, 0) is 131 Å². The number of hydrogen-bond donors (Lipinski definition) is 0. The van der Waals surface area contributed by atoms with E-state index in [0.717, 1.165) is 44.3 Å². The maximum Gasteiger partial charge on any atom is 0.135 e. The second kappa shape index (κ2) is 14.2. The summed E-state index contributed by atoms with van der Waals surface area (Å²) < 4.78 is 13.5. The maximum absolute atomic E-state index is 6.30. The van der Waals surface area contributed by atoms with Crippen LogP contribution in [0.1, 0.15) is 0 Å². The van der Waals surface area contributed by atoms with Crippen molar-refractivity contribution >= 4 is 98.1 Å². The lowest BCUT2D eigenvalue weighted by Gasteiger charge is -2.12. The minimum atomic E-state index is 0.890. The lowest BCUT2D eigenvalue weighted by atomic mass is 9.98. The van der Waals surface area contributed by atoms with Crippen molar-refractivity contribution in [1.29, 1.82) is 0 Å². The van der Waals surface area contributed by atoms with Gasteiger partial charge in [0.15, 0.2) is 0 Å². The SMILES string of the molecule is c1ccc(-n2c3ccccc3c3cc(-c4ccc5c(c4)c4cc(-c6ccc7c(c6)c6ccccc6n7-c6cccc7ccccc67)ccc4n5-c4ccc5oc6ccccc6c5c4)ccc32)cc1. The molecule has 0 saturated carbocycles. The molecule has 0 aliphatic heterocycles. The van der Waals surface area contributed by atoms with Gasteiger partial charge in [0.2, 0.25) is 0 Å². The van der Waals surface area contributed by atoms with Gasteiger partial charge in [0.1, 0.15) is 11.2 Å². The molecule has 0 aliphatic carbocycles. The first-order valence-electron chi connectivity index (χ1n) is 23.3. The second-order valence-corrected chi connectivity index (χ2v) is 18.1. The Hall–Kier alpha value is -9.12. The van der Waals surface area contributed by atoms with Gasteiger partial charge in [0, 0.05) is 59.9 Å². The Morgan fingerprint density at radius 3 is 1.31 bits per heavy atom. The van der Waals surface area contributed by atoms with Gasteiger partial charge in [0.05, 0.1) is 38.8 Å². The number of rotatable bonds is 5. The molecule has 0 atom stereocenters. The molecule has 0 amide bonds. The first kappa shape index (κ1) is 37.1. The number of nitrogens with zero attached hydrogens (tertiary/aromatic N) is 3. The number of para-hydroxylation sites is 4. The van der Waals surface area contributed by atoms with Crippen LogP contribution in [0.2, 0.25) is 0 Å². The van der Waals surface area contributed by atoms with Crippen molar-refractivity contribution in [2.24, 2.45) is 0 Å². The summed E-state index contributed by atoms with van der Waals surface area (Å²) in [7, 11) is 0. The van der Waals surface area contributed by atoms with E-state index in [1.807, 2.05) is 12.1 Å². The van der Waals surface area contributed by atoms with E-state index in [4.69, 9.17) is 4.42 Å². The highest BCUT2D eigenvalue weighted by Gasteiger charge is 2.20. The minimum absolute atomic E-state index is 0.890. The van der Waals surface area contributed by atoms with Gasteiger partial charge in [0.25, 0.3) is 0 Å². The molecule has 4 nitrogen and oxygen atoms in total. The smallest absolute Gasteiger partial charge is 0.135 e. The Kier molecular flexibility index (Phi) is 7.75. The van der Waals surface area contributed by atoms with Crippen LogP contribution in [0.25, 0.3) is 137 Å². The van der Waals surface area contributed by atoms with Gasteiger partial charge in [-0.15, -0.1) is 0 Å². The van der Waals surface area contributed by atoms with E-state index in [-0.39, 0.29) is 0 Å². The highest BCUT2D eigenvalue weighted by Crippen LogP contribution is 2.42. The van der Waals surface area contributed by atoms with Crippen LogP contribution in [-0.4, -0.2) is 13.7 Å². The summed E-state index contributed by atoms with van der Waals surface area (Å²) in [4.78, 5) is 0. The van der Waals surface area contributed by atoms with Crippen molar-refractivity contribution in [3.8, 4) is 39.3 Å². The van der Waals surface area contributed by atoms with Crippen molar-refractivity contribution in [2.45, 2.75) is 0 Å². The Labute approximate surface area is 390 Å². The molecule has 68 heavy (non-hydrogen) atoms. The summed E-state index contributed by atoms with van der Waals surface area (Å²) in [5.41, 5.74) is 17.1. The number of hydrogen-bond acceptors (Lipinski definition) is 1. The summed E-state index contributed by atoms with van der Waals surface area (Å²) in [5.74, 6) is 0. The molecular formula is C64H39N3O. The van der Waals surface area contributed by atoms with Crippen molar-refractivity contribution in [3.05, 3.63) is 237 Å². The molecule has 4 heterocycles. The molecule has 4 aromatic heterocycles. The number of aromatic nitrogens is 3. The van der Waals surface area contributed by atoms with Crippen LogP contribution in [0, 0.1) is 0 Å². The molecule has 0 aliphatic rings. The summed E-state index contributed by atoms with van der Waals surface area (Å²) in [6.07, 6.45) is 0. The Bertz CT molecular complexity index is 4550.